The Hall–Kier alpha value is -0.620. The van der Waals surface area contributed by atoms with E-state index in [4.69, 9.17) is 0 Å². The first kappa shape index (κ1) is 14.4. The zero-order chi connectivity index (χ0) is 13.1. The average Bonchev–Trinajstić information content (AvgIpc) is 2.26. The second-order valence-electron chi connectivity index (χ2n) is 5.27. The Morgan fingerprint density at radius 2 is 1.82 bits per heavy atom. The van der Waals surface area contributed by atoms with E-state index in [0.717, 1.165) is 0 Å². The van der Waals surface area contributed by atoms with Gasteiger partial charge < -0.3 is 10.6 Å². The van der Waals surface area contributed by atoms with Crippen molar-refractivity contribution in [2.45, 2.75) is 32.7 Å². The Balaban J connectivity index is 2.40. The Labute approximate surface area is 103 Å². The van der Waals surface area contributed by atoms with E-state index in [-0.39, 0.29) is 23.5 Å². The molecule has 1 aliphatic heterocycles. The fourth-order valence-corrected chi connectivity index (χ4v) is 3.40. The monoisotopic (exact) mass is 262 g/mol. The van der Waals surface area contributed by atoms with Gasteiger partial charge in [-0.15, -0.1) is 0 Å². The van der Waals surface area contributed by atoms with E-state index in [2.05, 4.69) is 10.6 Å². The lowest BCUT2D eigenvalue weighted by molar-refractivity contribution is -0.128. The molecule has 0 aromatic carbocycles. The molecule has 0 aliphatic carbocycles. The predicted octanol–water partition coefficient (Wildman–Crippen LogP) is -0.0746. The Morgan fingerprint density at radius 3 is 2.29 bits per heavy atom. The van der Waals surface area contributed by atoms with Crippen LogP contribution in [0.15, 0.2) is 0 Å². The molecule has 1 fully saturated rings. The van der Waals surface area contributed by atoms with Crippen LogP contribution in [0.5, 0.6) is 0 Å². The van der Waals surface area contributed by atoms with Crippen LogP contribution in [-0.2, 0) is 14.6 Å². The van der Waals surface area contributed by atoms with E-state index >= 15 is 0 Å². The molecule has 0 atom stereocenters. The Morgan fingerprint density at radius 1 is 1.29 bits per heavy atom. The van der Waals surface area contributed by atoms with Gasteiger partial charge in [-0.2, -0.15) is 0 Å². The van der Waals surface area contributed by atoms with Crippen molar-refractivity contribution in [1.82, 2.24) is 10.6 Å². The van der Waals surface area contributed by atoms with Gasteiger partial charge in [0.15, 0.2) is 0 Å². The predicted molar refractivity (Wildman–Crippen MR) is 67.5 cm³/mol. The van der Waals surface area contributed by atoms with Crippen molar-refractivity contribution in [3.8, 4) is 0 Å². The minimum atomic E-state index is -2.81. The molecule has 0 unspecified atom stereocenters. The van der Waals surface area contributed by atoms with Crippen LogP contribution in [0.3, 0.4) is 0 Å². The van der Waals surface area contributed by atoms with Gasteiger partial charge in [0.05, 0.1) is 16.9 Å². The van der Waals surface area contributed by atoms with Crippen molar-refractivity contribution >= 4 is 15.7 Å². The summed E-state index contributed by atoms with van der Waals surface area (Å²) in [5.41, 5.74) is -0.467. The normalized spacial score (nSPS) is 21.1. The van der Waals surface area contributed by atoms with Gasteiger partial charge in [-0.25, -0.2) is 8.42 Å². The number of hydrogen-bond donors (Lipinski definition) is 2. The molecule has 1 rings (SSSR count). The van der Waals surface area contributed by atoms with Gasteiger partial charge in [0.2, 0.25) is 5.91 Å². The molecule has 1 amide bonds. The van der Waals surface area contributed by atoms with E-state index in [0.29, 0.717) is 19.4 Å². The lowest BCUT2D eigenvalue weighted by Gasteiger charge is -2.28. The van der Waals surface area contributed by atoms with Crippen molar-refractivity contribution in [2.24, 2.45) is 5.41 Å². The highest BCUT2D eigenvalue weighted by molar-refractivity contribution is 7.91. The second kappa shape index (κ2) is 5.35. The molecule has 6 heteroatoms. The summed E-state index contributed by atoms with van der Waals surface area (Å²) in [4.78, 5) is 11.6. The summed E-state index contributed by atoms with van der Waals surface area (Å²) in [7, 11) is -1.19. The largest absolute Gasteiger partial charge is 0.359 e. The molecule has 1 saturated heterocycles. The van der Waals surface area contributed by atoms with Crippen molar-refractivity contribution in [3.63, 3.8) is 0 Å². The molecular formula is C11H22N2O3S. The van der Waals surface area contributed by atoms with Gasteiger partial charge in [0, 0.05) is 19.6 Å². The Kier molecular flexibility index (Phi) is 4.55. The van der Waals surface area contributed by atoms with Gasteiger partial charge in [0.1, 0.15) is 9.84 Å². The summed E-state index contributed by atoms with van der Waals surface area (Å²) in [5, 5.41) is 5.92. The van der Waals surface area contributed by atoms with E-state index < -0.39 is 15.3 Å². The maximum Gasteiger partial charge on any atom is 0.226 e. The van der Waals surface area contributed by atoms with Crippen LogP contribution in [0.1, 0.15) is 26.7 Å². The third-order valence-electron chi connectivity index (χ3n) is 3.23. The summed E-state index contributed by atoms with van der Waals surface area (Å²) in [5.74, 6) is 0.504. The summed E-state index contributed by atoms with van der Waals surface area (Å²) in [6, 6.07) is 0.211. The summed E-state index contributed by atoms with van der Waals surface area (Å²) < 4.78 is 22.5. The fourth-order valence-electron chi connectivity index (χ4n) is 1.91. The molecule has 0 spiro atoms. The minimum absolute atomic E-state index is 0.00608. The second-order valence-corrected chi connectivity index (χ2v) is 7.57. The molecule has 0 bridgehead atoms. The molecule has 1 aliphatic rings. The molecule has 0 saturated carbocycles. The lowest BCUT2D eigenvalue weighted by atomic mass is 9.91. The first-order valence-corrected chi connectivity index (χ1v) is 7.75. The van der Waals surface area contributed by atoms with Gasteiger partial charge in [-0.3, -0.25) is 4.79 Å². The topological polar surface area (TPSA) is 75.3 Å². The summed E-state index contributed by atoms with van der Waals surface area (Å²) in [6.45, 7) is 4.31. The Bertz CT molecular complexity index is 362. The third-order valence-corrected chi connectivity index (χ3v) is 4.94. The van der Waals surface area contributed by atoms with Gasteiger partial charge >= 0.3 is 0 Å². The van der Waals surface area contributed by atoms with Crippen molar-refractivity contribution in [2.75, 3.05) is 25.1 Å². The molecule has 2 N–H and O–H groups in total. The fraction of sp³-hybridized carbons (Fsp3) is 0.909. The number of nitrogens with one attached hydrogen (secondary N) is 2. The van der Waals surface area contributed by atoms with E-state index in [1.165, 1.54) is 0 Å². The zero-order valence-electron chi connectivity index (χ0n) is 10.7. The third kappa shape index (κ3) is 4.27. The summed E-state index contributed by atoms with van der Waals surface area (Å²) in [6.07, 6.45) is 1.29. The zero-order valence-corrected chi connectivity index (χ0v) is 11.6. The highest BCUT2D eigenvalue weighted by Gasteiger charge is 2.29. The highest BCUT2D eigenvalue weighted by Crippen LogP contribution is 2.17. The molecule has 0 aromatic rings. The SMILES string of the molecule is CNC(=O)C(C)(C)CNC1CCS(=O)(=O)CC1. The average molecular weight is 262 g/mol. The van der Waals surface area contributed by atoms with Crippen molar-refractivity contribution in [3.05, 3.63) is 0 Å². The van der Waals surface area contributed by atoms with Crippen LogP contribution >= 0.6 is 0 Å². The molecular weight excluding hydrogens is 240 g/mol. The molecule has 0 aromatic heterocycles. The lowest BCUT2D eigenvalue weighted by Crippen LogP contribution is -2.46. The molecule has 1 heterocycles. The number of hydrogen-bond acceptors (Lipinski definition) is 4. The summed E-state index contributed by atoms with van der Waals surface area (Å²) >= 11 is 0. The number of amides is 1. The van der Waals surface area contributed by atoms with Crippen LogP contribution in [0.25, 0.3) is 0 Å². The maximum absolute atomic E-state index is 11.6. The smallest absolute Gasteiger partial charge is 0.226 e. The highest BCUT2D eigenvalue weighted by atomic mass is 32.2. The van der Waals surface area contributed by atoms with Crippen LogP contribution in [0.2, 0.25) is 0 Å². The number of rotatable bonds is 4. The first-order valence-electron chi connectivity index (χ1n) is 5.93. The van der Waals surface area contributed by atoms with Gasteiger partial charge in [0.25, 0.3) is 0 Å². The van der Waals surface area contributed by atoms with Crippen LogP contribution in [-0.4, -0.2) is 45.5 Å². The van der Waals surface area contributed by atoms with Crippen molar-refractivity contribution in [1.29, 1.82) is 0 Å². The van der Waals surface area contributed by atoms with E-state index in [1.807, 2.05) is 13.8 Å². The number of carbonyl (C=O) groups is 1. The molecule has 100 valence electrons. The molecule has 5 nitrogen and oxygen atoms in total. The molecule has 0 radical (unpaired) electrons. The van der Waals surface area contributed by atoms with Crippen LogP contribution in [0, 0.1) is 5.41 Å². The first-order chi connectivity index (χ1) is 7.77. The van der Waals surface area contributed by atoms with E-state index in [1.54, 1.807) is 7.05 Å². The van der Waals surface area contributed by atoms with Gasteiger partial charge in [-0.1, -0.05) is 0 Å². The maximum atomic E-state index is 11.6. The van der Waals surface area contributed by atoms with Gasteiger partial charge in [-0.05, 0) is 26.7 Å². The quantitative estimate of drug-likeness (QED) is 0.743. The standard InChI is InChI=1S/C11H22N2O3S/c1-11(2,10(14)12-3)8-13-9-4-6-17(15,16)7-5-9/h9,13H,4-8H2,1-3H3,(H,12,14). The van der Waals surface area contributed by atoms with Crippen molar-refractivity contribution < 1.29 is 13.2 Å². The molecule has 17 heavy (non-hydrogen) atoms. The number of sulfone groups is 1. The van der Waals surface area contributed by atoms with Crippen LogP contribution < -0.4 is 10.6 Å². The minimum Gasteiger partial charge on any atom is -0.359 e. The van der Waals surface area contributed by atoms with Crippen LogP contribution in [0.4, 0.5) is 0 Å². The van der Waals surface area contributed by atoms with E-state index in [9.17, 15) is 13.2 Å². The number of carbonyl (C=O) groups excluding carboxylic acids is 1.